The third-order valence-electron chi connectivity index (χ3n) is 3.07. The summed E-state index contributed by atoms with van der Waals surface area (Å²) in [6.45, 7) is 4.30. The van der Waals surface area contributed by atoms with Gasteiger partial charge in [-0.25, -0.2) is 4.98 Å². The Bertz CT molecular complexity index is 381. The van der Waals surface area contributed by atoms with Crippen LogP contribution in [0.5, 0.6) is 0 Å². The zero-order chi connectivity index (χ0) is 10.7. The van der Waals surface area contributed by atoms with Gasteiger partial charge >= 0.3 is 0 Å². The van der Waals surface area contributed by atoms with Crippen LogP contribution in [0.15, 0.2) is 18.3 Å². The molecule has 0 aromatic carbocycles. The maximum atomic E-state index is 8.99. The first kappa shape index (κ1) is 9.97. The van der Waals surface area contributed by atoms with Gasteiger partial charge in [0.15, 0.2) is 0 Å². The predicted octanol–water partition coefficient (Wildman–Crippen LogP) is 2.19. The Hall–Kier alpha value is -1.56. The molecule has 2 rings (SSSR count). The number of anilines is 1. The molecule has 1 atom stereocenters. The van der Waals surface area contributed by atoms with Gasteiger partial charge in [-0.05, 0) is 24.5 Å². The molecule has 0 saturated carbocycles. The summed E-state index contributed by atoms with van der Waals surface area (Å²) in [7, 11) is 0. The Labute approximate surface area is 90.4 Å². The predicted molar refractivity (Wildman–Crippen MR) is 59.6 cm³/mol. The smallest absolute Gasteiger partial charge is 0.146 e. The highest BCUT2D eigenvalue weighted by atomic mass is 15.2. The van der Waals surface area contributed by atoms with Crippen molar-refractivity contribution in [3.05, 3.63) is 23.9 Å². The summed E-state index contributed by atoms with van der Waals surface area (Å²) >= 11 is 0. The lowest BCUT2D eigenvalue weighted by Crippen LogP contribution is -2.21. The van der Waals surface area contributed by atoms with Gasteiger partial charge in [0, 0.05) is 19.3 Å². The van der Waals surface area contributed by atoms with E-state index >= 15 is 0 Å². The second-order valence-electron chi connectivity index (χ2n) is 4.00. The summed E-state index contributed by atoms with van der Waals surface area (Å²) in [4.78, 5) is 6.53. The van der Waals surface area contributed by atoms with Gasteiger partial charge in [0.1, 0.15) is 11.9 Å². The second-order valence-corrected chi connectivity index (χ2v) is 4.00. The quantitative estimate of drug-likeness (QED) is 0.736. The molecule has 0 aliphatic carbocycles. The van der Waals surface area contributed by atoms with E-state index in [1.54, 1.807) is 6.20 Å². The van der Waals surface area contributed by atoms with E-state index in [4.69, 9.17) is 5.26 Å². The van der Waals surface area contributed by atoms with Crippen molar-refractivity contribution >= 4 is 5.82 Å². The summed E-state index contributed by atoms with van der Waals surface area (Å²) in [6.07, 6.45) is 4.19. The van der Waals surface area contributed by atoms with Gasteiger partial charge in [-0.1, -0.05) is 13.3 Å². The first-order chi connectivity index (χ1) is 7.35. The molecular weight excluding hydrogens is 186 g/mol. The Morgan fingerprint density at radius 2 is 2.53 bits per heavy atom. The van der Waals surface area contributed by atoms with Gasteiger partial charge in [-0.3, -0.25) is 0 Å². The van der Waals surface area contributed by atoms with Gasteiger partial charge < -0.3 is 4.90 Å². The molecule has 1 aliphatic heterocycles. The Morgan fingerprint density at radius 1 is 1.67 bits per heavy atom. The highest BCUT2D eigenvalue weighted by Crippen LogP contribution is 2.25. The van der Waals surface area contributed by atoms with Crippen LogP contribution >= 0.6 is 0 Å². The number of nitrogens with zero attached hydrogens (tertiary/aromatic N) is 3. The van der Waals surface area contributed by atoms with E-state index in [1.165, 1.54) is 12.8 Å². The van der Waals surface area contributed by atoms with E-state index < -0.39 is 0 Å². The number of hydrogen-bond donors (Lipinski definition) is 0. The van der Waals surface area contributed by atoms with E-state index in [0.29, 0.717) is 5.56 Å². The monoisotopic (exact) mass is 201 g/mol. The minimum Gasteiger partial charge on any atom is -0.355 e. The topological polar surface area (TPSA) is 39.9 Å². The Morgan fingerprint density at radius 3 is 3.20 bits per heavy atom. The third-order valence-corrected chi connectivity index (χ3v) is 3.07. The summed E-state index contributed by atoms with van der Waals surface area (Å²) in [6, 6.07) is 5.85. The van der Waals surface area contributed by atoms with Crippen molar-refractivity contribution in [1.82, 2.24) is 4.98 Å². The van der Waals surface area contributed by atoms with E-state index in [1.807, 2.05) is 12.1 Å². The zero-order valence-electron chi connectivity index (χ0n) is 8.98. The van der Waals surface area contributed by atoms with Crippen LogP contribution in [0.2, 0.25) is 0 Å². The Balaban J connectivity index is 2.20. The lowest BCUT2D eigenvalue weighted by Gasteiger charge is -2.17. The molecule has 78 valence electrons. The van der Waals surface area contributed by atoms with Crippen molar-refractivity contribution < 1.29 is 0 Å². The van der Waals surface area contributed by atoms with E-state index in [-0.39, 0.29) is 0 Å². The molecule has 3 heteroatoms. The minimum atomic E-state index is 0.689. The third kappa shape index (κ3) is 1.94. The van der Waals surface area contributed by atoms with Gasteiger partial charge in [0.25, 0.3) is 0 Å². The molecule has 0 amide bonds. The van der Waals surface area contributed by atoms with Crippen molar-refractivity contribution in [2.45, 2.75) is 19.8 Å². The van der Waals surface area contributed by atoms with Gasteiger partial charge in [-0.15, -0.1) is 0 Å². The molecule has 15 heavy (non-hydrogen) atoms. The van der Waals surface area contributed by atoms with Crippen molar-refractivity contribution in [1.29, 1.82) is 5.26 Å². The maximum absolute atomic E-state index is 8.99. The van der Waals surface area contributed by atoms with Crippen LogP contribution in [0.1, 0.15) is 25.3 Å². The highest BCUT2D eigenvalue weighted by Gasteiger charge is 2.23. The number of aromatic nitrogens is 1. The zero-order valence-corrected chi connectivity index (χ0v) is 8.98. The average Bonchev–Trinajstić information content (AvgIpc) is 2.77. The first-order valence-corrected chi connectivity index (χ1v) is 5.45. The van der Waals surface area contributed by atoms with E-state index in [2.05, 4.69) is 22.9 Å². The molecular formula is C12H15N3. The molecule has 1 aromatic heterocycles. The molecule has 1 unspecified atom stereocenters. The number of hydrogen-bond acceptors (Lipinski definition) is 3. The molecule has 3 nitrogen and oxygen atoms in total. The van der Waals surface area contributed by atoms with Crippen LogP contribution in [-0.4, -0.2) is 18.1 Å². The molecule has 1 aliphatic rings. The Kier molecular flexibility index (Phi) is 2.86. The lowest BCUT2D eigenvalue weighted by atomic mass is 10.1. The van der Waals surface area contributed by atoms with Crippen LogP contribution in [-0.2, 0) is 0 Å². The minimum absolute atomic E-state index is 0.689. The largest absolute Gasteiger partial charge is 0.355 e. The van der Waals surface area contributed by atoms with Gasteiger partial charge in [-0.2, -0.15) is 5.26 Å². The number of rotatable bonds is 2. The average molecular weight is 201 g/mol. The fourth-order valence-electron chi connectivity index (χ4n) is 2.09. The van der Waals surface area contributed by atoms with E-state index in [9.17, 15) is 0 Å². The standard InChI is InChI=1S/C12H15N3/c1-2-10-5-7-15(9-10)12-11(8-13)4-3-6-14-12/h3-4,6,10H,2,5,7,9H2,1H3. The molecule has 0 spiro atoms. The fourth-order valence-corrected chi connectivity index (χ4v) is 2.09. The second kappa shape index (κ2) is 4.31. The summed E-state index contributed by atoms with van der Waals surface area (Å²) in [5, 5.41) is 8.99. The van der Waals surface area contributed by atoms with E-state index in [0.717, 1.165) is 24.8 Å². The first-order valence-electron chi connectivity index (χ1n) is 5.45. The maximum Gasteiger partial charge on any atom is 0.146 e. The van der Waals surface area contributed by atoms with Crippen molar-refractivity contribution in [2.24, 2.45) is 5.92 Å². The number of pyridine rings is 1. The van der Waals surface area contributed by atoms with Crippen molar-refractivity contribution in [3.63, 3.8) is 0 Å². The van der Waals surface area contributed by atoms with Gasteiger partial charge in [0.2, 0.25) is 0 Å². The lowest BCUT2D eigenvalue weighted by molar-refractivity contribution is 0.568. The number of nitriles is 1. The molecule has 1 saturated heterocycles. The SMILES string of the molecule is CCC1CCN(c2ncccc2C#N)C1. The molecule has 1 aromatic rings. The summed E-state index contributed by atoms with van der Waals surface area (Å²) in [5.41, 5.74) is 0.689. The highest BCUT2D eigenvalue weighted by molar-refractivity contribution is 5.53. The van der Waals surface area contributed by atoms with Crippen LogP contribution in [0.4, 0.5) is 5.82 Å². The molecule has 0 radical (unpaired) electrons. The van der Waals surface area contributed by atoms with Crippen molar-refractivity contribution in [3.8, 4) is 6.07 Å². The van der Waals surface area contributed by atoms with Crippen LogP contribution in [0.25, 0.3) is 0 Å². The van der Waals surface area contributed by atoms with Crippen molar-refractivity contribution in [2.75, 3.05) is 18.0 Å². The van der Waals surface area contributed by atoms with Crippen LogP contribution < -0.4 is 4.90 Å². The van der Waals surface area contributed by atoms with Crippen LogP contribution in [0.3, 0.4) is 0 Å². The normalized spacial score (nSPS) is 20.3. The molecule has 2 heterocycles. The summed E-state index contributed by atoms with van der Waals surface area (Å²) < 4.78 is 0. The molecule has 0 bridgehead atoms. The van der Waals surface area contributed by atoms with Gasteiger partial charge in [0.05, 0.1) is 5.56 Å². The molecule has 0 N–H and O–H groups in total. The van der Waals surface area contributed by atoms with Crippen LogP contribution in [0, 0.1) is 17.2 Å². The fraction of sp³-hybridized carbons (Fsp3) is 0.500. The summed E-state index contributed by atoms with van der Waals surface area (Å²) in [5.74, 6) is 1.62. The molecule has 1 fully saturated rings.